The normalized spacial score (nSPS) is 14.6. The fraction of sp³-hybridized carbons (Fsp3) is 0.625. The van der Waals surface area contributed by atoms with Crippen molar-refractivity contribution in [3.05, 3.63) is 34.9 Å². The van der Waals surface area contributed by atoms with Crippen molar-refractivity contribution in [2.45, 2.75) is 52.2 Å². The Labute approximate surface area is 123 Å². The van der Waals surface area contributed by atoms with Crippen LogP contribution < -0.4 is 5.32 Å². The van der Waals surface area contributed by atoms with E-state index in [9.17, 15) is 0 Å². The fourth-order valence-corrected chi connectivity index (χ4v) is 2.35. The molecule has 1 N–H and O–H groups in total. The van der Waals surface area contributed by atoms with Crippen molar-refractivity contribution in [1.29, 1.82) is 0 Å². The highest BCUT2D eigenvalue weighted by atomic mass is 35.5. The molecule has 0 bridgehead atoms. The van der Waals surface area contributed by atoms with Crippen LogP contribution in [0.15, 0.2) is 24.3 Å². The van der Waals surface area contributed by atoms with Crippen LogP contribution in [0, 0.1) is 0 Å². The molecule has 2 unspecified atom stereocenters. The largest absolute Gasteiger partial charge is 0.313 e. The lowest BCUT2D eigenvalue weighted by Gasteiger charge is -2.26. The molecule has 0 amide bonds. The van der Waals surface area contributed by atoms with E-state index in [0.29, 0.717) is 12.1 Å². The van der Waals surface area contributed by atoms with E-state index in [1.807, 2.05) is 18.2 Å². The summed E-state index contributed by atoms with van der Waals surface area (Å²) in [5.41, 5.74) is 1.27. The summed E-state index contributed by atoms with van der Waals surface area (Å²) in [6.07, 6.45) is 2.48. The predicted octanol–water partition coefficient (Wildman–Crippen LogP) is 3.94. The molecule has 0 heterocycles. The molecule has 19 heavy (non-hydrogen) atoms. The van der Waals surface area contributed by atoms with Crippen LogP contribution >= 0.6 is 11.6 Å². The van der Waals surface area contributed by atoms with Crippen molar-refractivity contribution in [3.63, 3.8) is 0 Å². The van der Waals surface area contributed by atoms with Crippen LogP contribution in [0.2, 0.25) is 5.02 Å². The third-order valence-electron chi connectivity index (χ3n) is 3.56. The monoisotopic (exact) mass is 282 g/mol. The van der Waals surface area contributed by atoms with Gasteiger partial charge in [0, 0.05) is 30.2 Å². The highest BCUT2D eigenvalue weighted by Crippen LogP contribution is 2.13. The van der Waals surface area contributed by atoms with Crippen LogP contribution in [0.5, 0.6) is 0 Å². The smallest absolute Gasteiger partial charge is 0.0409 e. The summed E-state index contributed by atoms with van der Waals surface area (Å²) in [6, 6.07) is 9.21. The second kappa shape index (κ2) is 8.57. The van der Waals surface area contributed by atoms with Crippen LogP contribution in [0.4, 0.5) is 0 Å². The number of rotatable bonds is 8. The molecular formula is C16H27ClN2. The molecule has 0 spiro atoms. The topological polar surface area (TPSA) is 15.3 Å². The number of hydrogen-bond donors (Lipinski definition) is 1. The minimum atomic E-state index is 0.512. The van der Waals surface area contributed by atoms with Gasteiger partial charge in [-0.05, 0) is 45.0 Å². The van der Waals surface area contributed by atoms with E-state index in [-0.39, 0.29) is 0 Å². The number of nitrogens with one attached hydrogen (secondary N) is 1. The van der Waals surface area contributed by atoms with E-state index >= 15 is 0 Å². The molecule has 0 saturated heterocycles. The van der Waals surface area contributed by atoms with E-state index in [0.717, 1.165) is 18.1 Å². The molecule has 3 heteroatoms. The van der Waals surface area contributed by atoms with Gasteiger partial charge in [0.15, 0.2) is 0 Å². The molecule has 0 aliphatic carbocycles. The lowest BCUT2D eigenvalue weighted by molar-refractivity contribution is 0.237. The first-order chi connectivity index (χ1) is 9.02. The second-order valence-corrected chi connectivity index (χ2v) is 5.93. The van der Waals surface area contributed by atoms with Gasteiger partial charge in [-0.1, -0.05) is 37.1 Å². The molecule has 2 nitrogen and oxygen atoms in total. The summed E-state index contributed by atoms with van der Waals surface area (Å²) in [7, 11) is 2.16. The van der Waals surface area contributed by atoms with Gasteiger partial charge in [-0.2, -0.15) is 0 Å². The molecule has 1 aromatic carbocycles. The summed E-state index contributed by atoms with van der Waals surface area (Å²) in [5.74, 6) is 0. The summed E-state index contributed by atoms with van der Waals surface area (Å²) in [5, 5.41) is 4.41. The van der Waals surface area contributed by atoms with Crippen LogP contribution in [0.25, 0.3) is 0 Å². The first-order valence-corrected chi connectivity index (χ1v) is 7.58. The fourth-order valence-electron chi connectivity index (χ4n) is 2.14. The summed E-state index contributed by atoms with van der Waals surface area (Å²) in [6.45, 7) is 8.71. The summed E-state index contributed by atoms with van der Waals surface area (Å²) in [4.78, 5) is 2.36. The van der Waals surface area contributed by atoms with Crippen molar-refractivity contribution >= 4 is 11.6 Å². The Morgan fingerprint density at radius 2 is 2.05 bits per heavy atom. The third kappa shape index (κ3) is 6.42. The number of halogens is 1. The van der Waals surface area contributed by atoms with E-state index in [4.69, 9.17) is 11.6 Å². The molecule has 0 radical (unpaired) electrons. The van der Waals surface area contributed by atoms with Gasteiger partial charge in [0.05, 0.1) is 0 Å². The zero-order valence-corrected chi connectivity index (χ0v) is 13.4. The number of likely N-dealkylation sites (N-methyl/N-ethyl adjacent to an activating group) is 1. The van der Waals surface area contributed by atoms with Gasteiger partial charge in [0.25, 0.3) is 0 Å². The van der Waals surface area contributed by atoms with Crippen LogP contribution in [-0.2, 0) is 6.54 Å². The number of benzene rings is 1. The van der Waals surface area contributed by atoms with Crippen molar-refractivity contribution in [2.24, 2.45) is 0 Å². The van der Waals surface area contributed by atoms with Crippen molar-refractivity contribution in [1.82, 2.24) is 10.2 Å². The van der Waals surface area contributed by atoms with Gasteiger partial charge in [-0.25, -0.2) is 0 Å². The SMILES string of the molecule is CCCC(C)NCC(C)N(C)Cc1cccc(Cl)c1. The van der Waals surface area contributed by atoms with Crippen LogP contribution in [0.3, 0.4) is 0 Å². The average molecular weight is 283 g/mol. The van der Waals surface area contributed by atoms with Gasteiger partial charge >= 0.3 is 0 Å². The number of nitrogens with zero attached hydrogens (tertiary/aromatic N) is 1. The van der Waals surface area contributed by atoms with Crippen molar-refractivity contribution in [2.75, 3.05) is 13.6 Å². The Kier molecular flexibility index (Phi) is 7.44. The lowest BCUT2D eigenvalue weighted by Crippen LogP contribution is -2.40. The second-order valence-electron chi connectivity index (χ2n) is 5.49. The minimum absolute atomic E-state index is 0.512. The molecule has 0 aromatic heterocycles. The molecule has 108 valence electrons. The highest BCUT2D eigenvalue weighted by Gasteiger charge is 2.11. The number of hydrogen-bond acceptors (Lipinski definition) is 2. The standard InChI is InChI=1S/C16H27ClN2/c1-5-7-13(2)18-11-14(3)19(4)12-15-8-6-9-16(17)10-15/h6,8-10,13-14,18H,5,7,11-12H2,1-4H3. The van der Waals surface area contributed by atoms with Gasteiger partial charge in [0.1, 0.15) is 0 Å². The zero-order chi connectivity index (χ0) is 14.3. The summed E-state index contributed by atoms with van der Waals surface area (Å²) < 4.78 is 0. The highest BCUT2D eigenvalue weighted by molar-refractivity contribution is 6.30. The molecule has 1 rings (SSSR count). The summed E-state index contributed by atoms with van der Waals surface area (Å²) >= 11 is 6.01. The lowest BCUT2D eigenvalue weighted by atomic mass is 10.1. The minimum Gasteiger partial charge on any atom is -0.313 e. The van der Waals surface area contributed by atoms with Crippen LogP contribution in [-0.4, -0.2) is 30.6 Å². The molecule has 0 saturated carbocycles. The van der Waals surface area contributed by atoms with Gasteiger partial charge in [-0.15, -0.1) is 0 Å². The molecule has 0 aliphatic heterocycles. The molecule has 1 aromatic rings. The Balaban J connectivity index is 2.38. The first kappa shape index (κ1) is 16.5. The zero-order valence-electron chi connectivity index (χ0n) is 12.6. The molecule has 0 aliphatic rings. The van der Waals surface area contributed by atoms with E-state index in [1.165, 1.54) is 18.4 Å². The first-order valence-electron chi connectivity index (χ1n) is 7.21. The maximum Gasteiger partial charge on any atom is 0.0409 e. The Bertz CT molecular complexity index is 368. The average Bonchev–Trinajstić information content (AvgIpc) is 2.36. The quantitative estimate of drug-likeness (QED) is 0.777. The van der Waals surface area contributed by atoms with Crippen molar-refractivity contribution < 1.29 is 0 Å². The Morgan fingerprint density at radius 1 is 1.32 bits per heavy atom. The molecule has 2 atom stereocenters. The molecular weight excluding hydrogens is 256 g/mol. The van der Waals surface area contributed by atoms with Gasteiger partial charge < -0.3 is 5.32 Å². The van der Waals surface area contributed by atoms with Crippen LogP contribution in [0.1, 0.15) is 39.2 Å². The van der Waals surface area contributed by atoms with E-state index in [1.54, 1.807) is 0 Å². The van der Waals surface area contributed by atoms with E-state index < -0.39 is 0 Å². The Morgan fingerprint density at radius 3 is 2.68 bits per heavy atom. The third-order valence-corrected chi connectivity index (χ3v) is 3.79. The van der Waals surface area contributed by atoms with Gasteiger partial charge in [-0.3, -0.25) is 4.90 Å². The van der Waals surface area contributed by atoms with Crippen molar-refractivity contribution in [3.8, 4) is 0 Å². The maximum absolute atomic E-state index is 6.01. The van der Waals surface area contributed by atoms with E-state index in [2.05, 4.69) is 44.1 Å². The van der Waals surface area contributed by atoms with Gasteiger partial charge in [0.2, 0.25) is 0 Å². The molecule has 0 fully saturated rings. The predicted molar refractivity (Wildman–Crippen MR) is 84.8 cm³/mol. The Hall–Kier alpha value is -0.570. The maximum atomic E-state index is 6.01.